The Kier molecular flexibility index (Phi) is 10.0. The Morgan fingerprint density at radius 1 is 0.500 bits per heavy atom. The average molecular weight is 725 g/mol. The van der Waals surface area contributed by atoms with Gasteiger partial charge in [0.1, 0.15) is 23.0 Å². The number of anilines is 2. The van der Waals surface area contributed by atoms with Crippen molar-refractivity contribution >= 4 is 35.0 Å². The van der Waals surface area contributed by atoms with Crippen LogP contribution in [0, 0.1) is 19.8 Å². The van der Waals surface area contributed by atoms with Crippen LogP contribution in [-0.2, 0) is 30.0 Å². The Morgan fingerprint density at radius 3 is 1.09 bits per heavy atom. The lowest BCUT2D eigenvalue weighted by Gasteiger charge is -2.32. The fourth-order valence-electron chi connectivity index (χ4n) is 7.18. The lowest BCUT2D eigenvalue weighted by molar-refractivity contribution is -0.121. The van der Waals surface area contributed by atoms with Gasteiger partial charge in [-0.25, -0.2) is 9.80 Å². The molecule has 0 saturated heterocycles. The van der Waals surface area contributed by atoms with Crippen LogP contribution < -0.4 is 19.3 Å². The molecule has 0 spiro atoms. The monoisotopic (exact) mass is 724 g/mol. The first kappa shape index (κ1) is 38.0. The van der Waals surface area contributed by atoms with Gasteiger partial charge in [-0.3, -0.25) is 19.2 Å². The van der Waals surface area contributed by atoms with Crippen molar-refractivity contribution in [3.63, 3.8) is 0 Å². The molecule has 0 unspecified atom stereocenters. The predicted molar refractivity (Wildman–Crippen MR) is 213 cm³/mol. The summed E-state index contributed by atoms with van der Waals surface area (Å²) in [6.45, 7) is 21.8. The number of amides is 4. The third-order valence-corrected chi connectivity index (χ3v) is 9.95. The van der Waals surface area contributed by atoms with Crippen molar-refractivity contribution in [1.29, 1.82) is 0 Å². The molecule has 2 aliphatic rings. The van der Waals surface area contributed by atoms with Crippen molar-refractivity contribution in [2.24, 2.45) is 5.92 Å². The largest absolute Gasteiger partial charge is 0.457 e. The number of carbonyl (C=O) groups excluding carboxylic acids is 4. The van der Waals surface area contributed by atoms with E-state index in [0.717, 1.165) is 43.6 Å². The number of benzene rings is 4. The van der Waals surface area contributed by atoms with Gasteiger partial charge in [0.25, 0.3) is 23.6 Å². The predicted octanol–water partition coefficient (Wildman–Crippen LogP) is 10.1. The number of hydrogen-bond acceptors (Lipinski definition) is 6. The molecule has 8 nitrogen and oxygen atoms in total. The minimum Gasteiger partial charge on any atom is -0.457 e. The molecule has 0 N–H and O–H groups in total. The van der Waals surface area contributed by atoms with Crippen LogP contribution in [-0.4, -0.2) is 23.6 Å². The first-order chi connectivity index (χ1) is 25.3. The van der Waals surface area contributed by atoms with Gasteiger partial charge in [-0.2, -0.15) is 0 Å². The molecule has 2 heterocycles. The third kappa shape index (κ3) is 7.51. The molecule has 278 valence electrons. The van der Waals surface area contributed by atoms with E-state index in [2.05, 4.69) is 93.5 Å². The summed E-state index contributed by atoms with van der Waals surface area (Å²) in [5, 5.41) is 0. The molecule has 0 aromatic heterocycles. The van der Waals surface area contributed by atoms with Gasteiger partial charge in [0.15, 0.2) is 0 Å². The zero-order valence-corrected chi connectivity index (χ0v) is 32.7. The van der Waals surface area contributed by atoms with Gasteiger partial charge < -0.3 is 9.47 Å². The van der Waals surface area contributed by atoms with Gasteiger partial charge in [-0.15, -0.1) is 0 Å². The van der Waals surface area contributed by atoms with Crippen LogP contribution in [0.3, 0.4) is 0 Å². The maximum Gasteiger partial charge on any atom is 0.258 e. The van der Waals surface area contributed by atoms with E-state index in [1.807, 2.05) is 0 Å². The highest BCUT2D eigenvalue weighted by atomic mass is 16.5. The maximum absolute atomic E-state index is 12.2. The van der Waals surface area contributed by atoms with Crippen molar-refractivity contribution in [1.82, 2.24) is 0 Å². The van der Waals surface area contributed by atoms with Gasteiger partial charge in [-0.05, 0) is 114 Å². The minimum atomic E-state index is -0.360. The van der Waals surface area contributed by atoms with Crippen LogP contribution >= 0.6 is 0 Å². The molecule has 4 aromatic carbocycles. The summed E-state index contributed by atoms with van der Waals surface area (Å²) in [5.74, 6) is 1.62. The highest BCUT2D eigenvalue weighted by Crippen LogP contribution is 2.45. The number of ether oxygens (including phenoxy) is 2. The van der Waals surface area contributed by atoms with E-state index in [-0.39, 0.29) is 46.3 Å². The summed E-state index contributed by atoms with van der Waals surface area (Å²) in [6.07, 6.45) is 5.09. The smallest absolute Gasteiger partial charge is 0.258 e. The number of hydrogen-bond donors (Lipinski definition) is 0. The van der Waals surface area contributed by atoms with Crippen LogP contribution in [0.4, 0.5) is 11.4 Å². The van der Waals surface area contributed by atoms with Crippen molar-refractivity contribution in [3.05, 3.63) is 130 Å². The molecule has 0 saturated carbocycles. The van der Waals surface area contributed by atoms with Crippen molar-refractivity contribution in [2.75, 3.05) is 9.80 Å². The summed E-state index contributed by atoms with van der Waals surface area (Å²) < 4.78 is 13.1. The van der Waals surface area contributed by atoms with Crippen LogP contribution in [0.25, 0.3) is 0 Å². The Bertz CT molecular complexity index is 2020. The van der Waals surface area contributed by atoms with Gasteiger partial charge in [0.2, 0.25) is 0 Å². The lowest BCUT2D eigenvalue weighted by atomic mass is 9.74. The summed E-state index contributed by atoms with van der Waals surface area (Å²) in [4.78, 5) is 51.1. The van der Waals surface area contributed by atoms with Crippen LogP contribution in [0.2, 0.25) is 0 Å². The van der Waals surface area contributed by atoms with E-state index in [1.165, 1.54) is 35.4 Å². The van der Waals surface area contributed by atoms with Crippen molar-refractivity contribution < 1.29 is 28.7 Å². The van der Waals surface area contributed by atoms with E-state index in [9.17, 15) is 19.2 Å². The zero-order valence-electron chi connectivity index (χ0n) is 32.7. The van der Waals surface area contributed by atoms with Crippen LogP contribution in [0.15, 0.2) is 97.1 Å². The molecular formula is C46H48N2O6. The molecule has 0 atom stereocenters. The molecule has 2 aliphatic heterocycles. The van der Waals surface area contributed by atoms with E-state index in [0.29, 0.717) is 22.9 Å². The van der Waals surface area contributed by atoms with Crippen molar-refractivity contribution in [2.45, 2.75) is 86.0 Å². The summed E-state index contributed by atoms with van der Waals surface area (Å²) in [5.41, 5.74) is 7.30. The number of nitrogens with zero attached hydrogens (tertiary/aromatic N) is 2. The summed E-state index contributed by atoms with van der Waals surface area (Å²) in [7, 11) is 0. The fraction of sp³-hybridized carbons (Fsp3) is 0.304. The van der Waals surface area contributed by atoms with Gasteiger partial charge in [-0.1, -0.05) is 67.5 Å². The number of imide groups is 2. The van der Waals surface area contributed by atoms with E-state index in [1.54, 1.807) is 48.5 Å². The molecule has 8 heteroatoms. The maximum atomic E-state index is 12.2. The second-order valence-electron chi connectivity index (χ2n) is 16.5. The third-order valence-electron chi connectivity index (χ3n) is 9.95. The lowest BCUT2D eigenvalue weighted by Crippen LogP contribution is -2.29. The van der Waals surface area contributed by atoms with Gasteiger partial charge in [0.05, 0.1) is 11.4 Å². The second kappa shape index (κ2) is 14.2. The van der Waals surface area contributed by atoms with Gasteiger partial charge in [0, 0.05) is 41.3 Å². The Balaban J connectivity index is 1.34. The molecule has 54 heavy (non-hydrogen) atoms. The average Bonchev–Trinajstić information content (AvgIpc) is 3.60. The molecule has 4 amide bonds. The van der Waals surface area contributed by atoms with E-state index >= 15 is 0 Å². The standard InChI is InChI=1S/C46H48N2O6/c1-27(2)44(34-25-36(45(5,6)7)38(23-28(34)3)53-32-15-11-30(12-16-32)47-40(49)19-20-41(47)50)35-26-37(46(8,9)10)39(24-29(35)4)54-33-17-13-31(14-18-33)48-42(51)21-22-43(48)52/h11-27,44H,1-10H3. The highest BCUT2D eigenvalue weighted by molar-refractivity contribution is 6.28. The summed E-state index contributed by atoms with van der Waals surface area (Å²) in [6, 6.07) is 22.8. The second-order valence-corrected chi connectivity index (χ2v) is 16.5. The molecular weight excluding hydrogens is 677 g/mol. The van der Waals surface area contributed by atoms with Crippen LogP contribution in [0.5, 0.6) is 23.0 Å². The highest BCUT2D eigenvalue weighted by Gasteiger charge is 2.31. The van der Waals surface area contributed by atoms with Crippen LogP contribution in [0.1, 0.15) is 94.7 Å². The number of aryl methyl sites for hydroxylation is 2. The molecule has 0 bridgehead atoms. The Labute approximate surface area is 318 Å². The summed E-state index contributed by atoms with van der Waals surface area (Å²) >= 11 is 0. The molecule has 0 fully saturated rings. The molecule has 0 aliphatic carbocycles. The first-order valence-corrected chi connectivity index (χ1v) is 18.3. The normalized spacial score (nSPS) is 14.7. The SMILES string of the molecule is Cc1cc(Oc2ccc(N3C(=O)C=CC3=O)cc2)c(C(C)(C)C)cc1C(c1cc(C(C)(C)C)c(Oc2ccc(N3C(=O)C=CC3=O)cc2)cc1C)C(C)C. The number of carbonyl (C=O) groups is 4. The van der Waals surface area contributed by atoms with E-state index < -0.39 is 0 Å². The molecule has 0 radical (unpaired) electrons. The topological polar surface area (TPSA) is 93.2 Å². The number of rotatable bonds is 9. The van der Waals surface area contributed by atoms with E-state index in [4.69, 9.17) is 9.47 Å². The molecule has 6 rings (SSSR count). The first-order valence-electron chi connectivity index (χ1n) is 18.3. The zero-order chi connectivity index (χ0) is 39.3. The Hall–Kier alpha value is -5.76. The molecule has 4 aromatic rings. The van der Waals surface area contributed by atoms with Crippen molar-refractivity contribution in [3.8, 4) is 23.0 Å². The quantitative estimate of drug-likeness (QED) is 0.160. The Morgan fingerprint density at radius 2 is 0.815 bits per heavy atom. The fourth-order valence-corrected chi connectivity index (χ4v) is 7.18. The minimum absolute atomic E-state index is 0.0714. The van der Waals surface area contributed by atoms with Gasteiger partial charge >= 0.3 is 0 Å².